The van der Waals surface area contributed by atoms with Crippen LogP contribution in [0, 0.1) is 10.1 Å². The maximum absolute atomic E-state index is 14.3. The molecule has 12 heteroatoms. The fraction of sp³-hybridized carbons (Fsp3) is 0.200. The standard InChI is InChI=1S/C45H42N4O7S/c50-44(37-22-21-34-11-7-8-12-36(34)28-37)47-42(27-31-17-24-40(25-18-31)56-30-32-15-19-35(20-16-32)33-9-3-1-4-10-33)45(51)48(57(54)55)39-23-26-41(43(29-39)49(52)53)46-38-13-5-2-6-14-38/h1,3-4,7-12,15-26,28-29,38,42,46,57H,2,5-6,13-14,27,30H2,(H,47,50)/t42-/m0/s1. The van der Waals surface area contributed by atoms with Crippen molar-refractivity contribution >= 4 is 50.5 Å². The number of nitrogens with zero attached hydrogens (tertiary/aromatic N) is 2. The summed E-state index contributed by atoms with van der Waals surface area (Å²) in [6, 6.07) is 40.3. The number of anilines is 2. The van der Waals surface area contributed by atoms with Gasteiger partial charge in [-0.1, -0.05) is 116 Å². The van der Waals surface area contributed by atoms with Crippen LogP contribution in [0.3, 0.4) is 0 Å². The van der Waals surface area contributed by atoms with Crippen LogP contribution < -0.4 is 19.7 Å². The molecule has 11 nitrogen and oxygen atoms in total. The Hall–Kier alpha value is -6.53. The van der Waals surface area contributed by atoms with Crippen LogP contribution in [0.15, 0.2) is 140 Å². The van der Waals surface area contributed by atoms with E-state index in [2.05, 4.69) is 22.8 Å². The Kier molecular flexibility index (Phi) is 12.2. The van der Waals surface area contributed by atoms with Crippen LogP contribution in [0.4, 0.5) is 17.1 Å². The monoisotopic (exact) mass is 782 g/mol. The van der Waals surface area contributed by atoms with Gasteiger partial charge < -0.3 is 15.4 Å². The lowest BCUT2D eigenvalue weighted by atomic mass is 9.95. The molecule has 0 heterocycles. The van der Waals surface area contributed by atoms with E-state index in [0.717, 1.165) is 65.6 Å². The normalized spacial score (nSPS) is 13.5. The molecule has 1 saturated carbocycles. The predicted molar refractivity (Wildman–Crippen MR) is 223 cm³/mol. The molecular formula is C45H42N4O7S. The van der Waals surface area contributed by atoms with Gasteiger partial charge in [-0.3, -0.25) is 19.7 Å². The number of amides is 2. The minimum atomic E-state index is -3.63. The fourth-order valence-corrected chi connectivity index (χ4v) is 7.77. The molecule has 6 aromatic rings. The maximum atomic E-state index is 14.3. The van der Waals surface area contributed by atoms with Crippen molar-refractivity contribution in [3.8, 4) is 16.9 Å². The first-order chi connectivity index (χ1) is 27.7. The number of benzene rings is 6. The quantitative estimate of drug-likeness (QED) is 0.0565. The first kappa shape index (κ1) is 38.7. The second-order valence-electron chi connectivity index (χ2n) is 14.1. The molecule has 0 saturated heterocycles. The smallest absolute Gasteiger partial charge is 0.294 e. The van der Waals surface area contributed by atoms with E-state index >= 15 is 0 Å². The number of carbonyl (C=O) groups excluding carboxylic acids is 2. The third-order valence-electron chi connectivity index (χ3n) is 10.2. The van der Waals surface area contributed by atoms with Crippen LogP contribution >= 0.6 is 0 Å². The van der Waals surface area contributed by atoms with Gasteiger partial charge in [-0.05, 0) is 82.3 Å². The third-order valence-corrected chi connectivity index (χ3v) is 11.0. The van der Waals surface area contributed by atoms with Crippen molar-refractivity contribution < 1.29 is 27.7 Å². The topological polar surface area (TPSA) is 148 Å². The van der Waals surface area contributed by atoms with E-state index in [1.54, 1.807) is 42.5 Å². The van der Waals surface area contributed by atoms with Gasteiger partial charge in [0.15, 0.2) is 0 Å². The molecule has 1 atom stereocenters. The van der Waals surface area contributed by atoms with E-state index in [-0.39, 0.29) is 35.1 Å². The first-order valence-electron chi connectivity index (χ1n) is 18.9. The van der Waals surface area contributed by atoms with Crippen molar-refractivity contribution in [3.63, 3.8) is 0 Å². The average molecular weight is 783 g/mol. The Balaban J connectivity index is 1.12. The van der Waals surface area contributed by atoms with Crippen molar-refractivity contribution in [2.75, 3.05) is 9.62 Å². The molecule has 7 rings (SSSR count). The minimum absolute atomic E-state index is 0.0511. The second kappa shape index (κ2) is 17.9. The molecule has 0 radical (unpaired) electrons. The summed E-state index contributed by atoms with van der Waals surface area (Å²) in [6.45, 7) is 0.323. The molecule has 0 aliphatic heterocycles. The summed E-state index contributed by atoms with van der Waals surface area (Å²) in [5, 5.41) is 19.9. The lowest BCUT2D eigenvalue weighted by Gasteiger charge is -2.25. The van der Waals surface area contributed by atoms with E-state index in [4.69, 9.17) is 4.74 Å². The van der Waals surface area contributed by atoms with Gasteiger partial charge in [0.1, 0.15) is 24.1 Å². The number of rotatable bonds is 14. The highest BCUT2D eigenvalue weighted by atomic mass is 32.2. The van der Waals surface area contributed by atoms with Crippen LogP contribution in [0.25, 0.3) is 21.9 Å². The van der Waals surface area contributed by atoms with Crippen molar-refractivity contribution in [2.45, 2.75) is 57.2 Å². The third kappa shape index (κ3) is 9.65. The molecule has 57 heavy (non-hydrogen) atoms. The summed E-state index contributed by atoms with van der Waals surface area (Å²) < 4.78 is 32.2. The van der Waals surface area contributed by atoms with Crippen molar-refractivity contribution in [1.29, 1.82) is 0 Å². The van der Waals surface area contributed by atoms with Crippen LogP contribution in [-0.2, 0) is 28.7 Å². The van der Waals surface area contributed by atoms with Gasteiger partial charge in [0, 0.05) is 24.1 Å². The minimum Gasteiger partial charge on any atom is -0.489 e. The Morgan fingerprint density at radius 2 is 1.42 bits per heavy atom. The molecule has 0 unspecified atom stereocenters. The fourth-order valence-electron chi connectivity index (χ4n) is 7.16. The Labute approximate surface area is 332 Å². The number of fused-ring (bicyclic) bond motifs is 1. The Bertz CT molecular complexity index is 2440. The summed E-state index contributed by atoms with van der Waals surface area (Å²) in [5.74, 6) is -0.981. The van der Waals surface area contributed by atoms with Crippen molar-refractivity contribution in [2.24, 2.45) is 0 Å². The summed E-state index contributed by atoms with van der Waals surface area (Å²) in [7, 11) is -3.63. The summed E-state index contributed by atoms with van der Waals surface area (Å²) in [4.78, 5) is 39.6. The number of hydrogen-bond acceptors (Lipinski definition) is 8. The number of nitro groups is 1. The van der Waals surface area contributed by atoms with Gasteiger partial charge in [-0.2, -0.15) is 0 Å². The van der Waals surface area contributed by atoms with Crippen LogP contribution in [0.1, 0.15) is 53.6 Å². The van der Waals surface area contributed by atoms with Gasteiger partial charge in [-0.15, -0.1) is 0 Å². The Morgan fingerprint density at radius 1 is 0.754 bits per heavy atom. The molecular weight excluding hydrogens is 741 g/mol. The molecule has 1 fully saturated rings. The van der Waals surface area contributed by atoms with Crippen LogP contribution in [-0.4, -0.2) is 37.2 Å². The van der Waals surface area contributed by atoms with Gasteiger partial charge in [-0.25, -0.2) is 12.7 Å². The molecule has 290 valence electrons. The number of ether oxygens (including phenoxy) is 1. The highest BCUT2D eigenvalue weighted by molar-refractivity contribution is 7.75. The molecule has 0 aromatic heterocycles. The largest absolute Gasteiger partial charge is 0.489 e. The number of nitro benzene ring substituents is 1. The molecule has 1 aliphatic carbocycles. The van der Waals surface area contributed by atoms with Crippen molar-refractivity contribution in [3.05, 3.63) is 166 Å². The zero-order valence-electron chi connectivity index (χ0n) is 31.1. The zero-order chi connectivity index (χ0) is 39.7. The average Bonchev–Trinajstić information content (AvgIpc) is 3.24. The second-order valence-corrected chi connectivity index (χ2v) is 15.0. The van der Waals surface area contributed by atoms with E-state index in [1.807, 2.05) is 66.7 Å². The van der Waals surface area contributed by atoms with Crippen LogP contribution in [0.5, 0.6) is 5.75 Å². The summed E-state index contributed by atoms with van der Waals surface area (Å²) >= 11 is 0. The highest BCUT2D eigenvalue weighted by Gasteiger charge is 2.31. The van der Waals surface area contributed by atoms with Crippen molar-refractivity contribution in [1.82, 2.24) is 5.32 Å². The molecule has 6 aromatic carbocycles. The van der Waals surface area contributed by atoms with Gasteiger partial charge in [0.2, 0.25) is 10.9 Å². The number of hydrogen-bond donors (Lipinski definition) is 3. The molecule has 0 spiro atoms. The van der Waals surface area contributed by atoms with E-state index in [1.165, 1.54) is 12.1 Å². The molecule has 1 aliphatic rings. The maximum Gasteiger partial charge on any atom is 0.294 e. The predicted octanol–water partition coefficient (Wildman–Crippen LogP) is 8.64. The number of carbonyl (C=O) groups is 2. The summed E-state index contributed by atoms with van der Waals surface area (Å²) in [5.41, 5.74) is 3.78. The molecule has 2 N–H and O–H groups in total. The van der Waals surface area contributed by atoms with Gasteiger partial charge in [0.25, 0.3) is 17.5 Å². The van der Waals surface area contributed by atoms with Gasteiger partial charge in [0.05, 0.1) is 10.6 Å². The number of thiol groups is 1. The van der Waals surface area contributed by atoms with E-state index < -0.39 is 33.7 Å². The molecule has 2 amide bonds. The zero-order valence-corrected chi connectivity index (χ0v) is 32.0. The van der Waals surface area contributed by atoms with E-state index in [0.29, 0.717) is 22.2 Å². The van der Waals surface area contributed by atoms with E-state index in [9.17, 15) is 28.1 Å². The lowest BCUT2D eigenvalue weighted by Crippen LogP contribution is -2.49. The Morgan fingerprint density at radius 3 is 2.12 bits per heavy atom. The van der Waals surface area contributed by atoms with Crippen LogP contribution in [0.2, 0.25) is 0 Å². The lowest BCUT2D eigenvalue weighted by molar-refractivity contribution is -0.383. The highest BCUT2D eigenvalue weighted by Crippen LogP contribution is 2.33. The number of nitrogens with one attached hydrogen (secondary N) is 2. The van der Waals surface area contributed by atoms with Gasteiger partial charge >= 0.3 is 0 Å². The molecule has 0 bridgehead atoms. The summed E-state index contributed by atoms with van der Waals surface area (Å²) in [6.07, 6.45) is 4.77. The SMILES string of the molecule is O=C(N[C@@H](Cc1ccc(OCc2ccc(-c3ccccc3)cc2)cc1)C(=O)N(c1ccc(NC2CCCCC2)c([N+](=O)[O-])c1)[SH](=O)=O)c1ccc2ccccc2c1. The first-order valence-corrected chi connectivity index (χ1v) is 20.0.